The molecule has 2 atom stereocenters. The molecule has 1 aromatic heterocycles. The lowest BCUT2D eigenvalue weighted by atomic mass is 9.98. The summed E-state index contributed by atoms with van der Waals surface area (Å²) in [4.78, 5) is 40.8. The van der Waals surface area contributed by atoms with E-state index in [1.165, 1.54) is 17.4 Å². The van der Waals surface area contributed by atoms with Crippen molar-refractivity contribution in [1.82, 2.24) is 16.0 Å². The third-order valence-corrected chi connectivity index (χ3v) is 6.44. The van der Waals surface area contributed by atoms with Gasteiger partial charge in [0.2, 0.25) is 5.91 Å². The maximum atomic E-state index is 12.5. The van der Waals surface area contributed by atoms with E-state index in [9.17, 15) is 24.6 Å². The number of rotatable bonds is 8. The molecule has 2 aromatic rings. The zero-order valence-corrected chi connectivity index (χ0v) is 20.4. The zero-order valence-electron chi connectivity index (χ0n) is 18.0. The van der Waals surface area contributed by atoms with E-state index in [0.717, 1.165) is 0 Å². The standard InChI is InChI=1S/C21H23Cl2N5O5S/c1-10-14(2-11(22)3-15(10)23)16(5-19(31)32)28-18(30)8-24-20(33)17-4-12(9-34-17)27-21-25-6-13(29)7-26-21/h2-4,9,13,16,29H,5-8H2,1H3,(H,24,33)(H,28,30)(H,31,32)(H2,25,26,27). The fraction of sp³-hybridized carbons (Fsp3) is 0.333. The zero-order chi connectivity index (χ0) is 24.8. The van der Waals surface area contributed by atoms with Gasteiger partial charge in [-0.3, -0.25) is 19.4 Å². The molecule has 0 fully saturated rings. The summed E-state index contributed by atoms with van der Waals surface area (Å²) < 4.78 is 0. The number of carboxylic acid groups (broad SMARTS) is 1. The average Bonchev–Trinajstić information content (AvgIpc) is 3.24. The lowest BCUT2D eigenvalue weighted by Gasteiger charge is -2.20. The number of guanidine groups is 1. The maximum Gasteiger partial charge on any atom is 0.305 e. The number of thiophene rings is 1. The van der Waals surface area contributed by atoms with Gasteiger partial charge in [0, 0.05) is 22.0 Å². The van der Waals surface area contributed by atoms with Crippen LogP contribution >= 0.6 is 34.5 Å². The predicted octanol–water partition coefficient (Wildman–Crippen LogP) is 2.16. The number of aliphatic hydroxyl groups excluding tert-OH is 1. The largest absolute Gasteiger partial charge is 0.481 e. The molecule has 0 radical (unpaired) electrons. The highest BCUT2D eigenvalue weighted by Crippen LogP contribution is 2.30. The van der Waals surface area contributed by atoms with Crippen LogP contribution in [0.25, 0.3) is 0 Å². The molecule has 13 heteroatoms. The molecule has 2 unspecified atom stereocenters. The number of aliphatic imine (C=N–C) groups is 1. The summed E-state index contributed by atoms with van der Waals surface area (Å²) in [5, 5.41) is 32.2. The Labute approximate surface area is 209 Å². The second-order valence-electron chi connectivity index (χ2n) is 7.55. The van der Waals surface area contributed by atoms with Gasteiger partial charge >= 0.3 is 5.97 Å². The van der Waals surface area contributed by atoms with Crippen LogP contribution in [0, 0.1) is 6.92 Å². The number of hydrogen-bond donors (Lipinski definition) is 6. The first-order chi connectivity index (χ1) is 16.1. The Balaban J connectivity index is 1.58. The van der Waals surface area contributed by atoms with Crippen molar-refractivity contribution < 1.29 is 24.6 Å². The van der Waals surface area contributed by atoms with Crippen molar-refractivity contribution in [3.05, 3.63) is 49.6 Å². The van der Waals surface area contributed by atoms with E-state index in [1.807, 2.05) is 0 Å². The second kappa shape index (κ2) is 11.5. The number of aliphatic carboxylic acids is 1. The normalized spacial score (nSPS) is 16.1. The molecule has 1 aliphatic rings. The molecule has 10 nitrogen and oxygen atoms in total. The van der Waals surface area contributed by atoms with E-state index in [1.54, 1.807) is 24.4 Å². The molecule has 3 rings (SSSR count). The Hall–Kier alpha value is -2.86. The average molecular weight is 528 g/mol. The van der Waals surface area contributed by atoms with E-state index in [0.29, 0.717) is 44.2 Å². The Bertz CT molecular complexity index is 1120. The van der Waals surface area contributed by atoms with Crippen molar-refractivity contribution in [3.8, 4) is 0 Å². The van der Waals surface area contributed by atoms with E-state index < -0.39 is 29.9 Å². The predicted molar refractivity (Wildman–Crippen MR) is 131 cm³/mol. The number of anilines is 1. The van der Waals surface area contributed by atoms with E-state index in [-0.39, 0.29) is 19.5 Å². The molecule has 2 amide bonds. The van der Waals surface area contributed by atoms with Crippen LogP contribution in [0.1, 0.15) is 33.3 Å². The van der Waals surface area contributed by atoms with Gasteiger partial charge in [-0.25, -0.2) is 0 Å². The SMILES string of the molecule is Cc1c(Cl)cc(Cl)cc1C(CC(=O)O)NC(=O)CNC(=O)c1cc(NC2=NCC(O)CN2)cs1. The van der Waals surface area contributed by atoms with Crippen molar-refractivity contribution in [2.75, 3.05) is 25.0 Å². The third-order valence-electron chi connectivity index (χ3n) is 4.90. The summed E-state index contributed by atoms with van der Waals surface area (Å²) in [6, 6.07) is 3.82. The summed E-state index contributed by atoms with van der Waals surface area (Å²) in [5.41, 5.74) is 1.73. The molecule has 0 saturated carbocycles. The molecule has 1 aliphatic heterocycles. The monoisotopic (exact) mass is 527 g/mol. The van der Waals surface area contributed by atoms with Gasteiger partial charge in [0.25, 0.3) is 5.91 Å². The van der Waals surface area contributed by atoms with Gasteiger partial charge in [0.15, 0.2) is 5.96 Å². The highest BCUT2D eigenvalue weighted by atomic mass is 35.5. The number of carbonyl (C=O) groups excluding carboxylic acids is 2. The Morgan fingerprint density at radius 2 is 2.06 bits per heavy atom. The second-order valence-corrected chi connectivity index (χ2v) is 9.31. The number of aliphatic hydroxyl groups is 1. The minimum Gasteiger partial charge on any atom is -0.481 e. The number of amides is 2. The Morgan fingerprint density at radius 3 is 2.74 bits per heavy atom. The van der Waals surface area contributed by atoms with Crippen LogP contribution in [-0.2, 0) is 9.59 Å². The number of benzene rings is 1. The van der Waals surface area contributed by atoms with Crippen molar-refractivity contribution in [2.24, 2.45) is 4.99 Å². The fourth-order valence-electron chi connectivity index (χ4n) is 3.21. The highest BCUT2D eigenvalue weighted by molar-refractivity contribution is 7.12. The van der Waals surface area contributed by atoms with Crippen LogP contribution in [0.4, 0.5) is 5.69 Å². The van der Waals surface area contributed by atoms with Crippen molar-refractivity contribution in [1.29, 1.82) is 0 Å². The molecule has 34 heavy (non-hydrogen) atoms. The number of β-amino-alcohol motifs (C(OH)–C–C–N with tert-alkyl or cyclic N) is 1. The van der Waals surface area contributed by atoms with Gasteiger partial charge in [0.1, 0.15) is 0 Å². The molecular formula is C21H23Cl2N5O5S. The van der Waals surface area contributed by atoms with E-state index in [2.05, 4.69) is 26.3 Å². The molecule has 0 spiro atoms. The first-order valence-electron chi connectivity index (χ1n) is 10.2. The summed E-state index contributed by atoms with van der Waals surface area (Å²) >= 11 is 13.4. The van der Waals surface area contributed by atoms with E-state index >= 15 is 0 Å². The van der Waals surface area contributed by atoms with Crippen LogP contribution in [0.3, 0.4) is 0 Å². The van der Waals surface area contributed by atoms with Crippen LogP contribution in [0.2, 0.25) is 10.0 Å². The number of halogens is 2. The number of carbonyl (C=O) groups is 3. The third kappa shape index (κ3) is 7.07. The maximum absolute atomic E-state index is 12.5. The minimum absolute atomic E-state index is 0.283. The van der Waals surface area contributed by atoms with Crippen molar-refractivity contribution in [2.45, 2.75) is 25.5 Å². The number of hydrogen-bond acceptors (Lipinski definition) is 8. The molecule has 0 bridgehead atoms. The van der Waals surface area contributed by atoms with Crippen molar-refractivity contribution in [3.63, 3.8) is 0 Å². The molecule has 2 heterocycles. The van der Waals surface area contributed by atoms with E-state index in [4.69, 9.17) is 23.2 Å². The quantitative estimate of drug-likeness (QED) is 0.307. The smallest absolute Gasteiger partial charge is 0.305 e. The van der Waals surface area contributed by atoms with Gasteiger partial charge in [-0.05, 0) is 36.2 Å². The highest BCUT2D eigenvalue weighted by Gasteiger charge is 2.22. The van der Waals surface area contributed by atoms with Gasteiger partial charge in [0.05, 0.1) is 42.2 Å². The molecule has 6 N–H and O–H groups in total. The van der Waals surface area contributed by atoms with Crippen LogP contribution < -0.4 is 21.3 Å². The topological polar surface area (TPSA) is 152 Å². The molecule has 1 aromatic carbocycles. The molecular weight excluding hydrogens is 505 g/mol. The Morgan fingerprint density at radius 1 is 1.29 bits per heavy atom. The first kappa shape index (κ1) is 25.8. The van der Waals surface area contributed by atoms with Gasteiger partial charge in [-0.15, -0.1) is 11.3 Å². The summed E-state index contributed by atoms with van der Waals surface area (Å²) in [7, 11) is 0. The molecule has 0 aliphatic carbocycles. The van der Waals surface area contributed by atoms with Crippen LogP contribution in [0.15, 0.2) is 28.6 Å². The fourth-order valence-corrected chi connectivity index (χ4v) is 4.47. The number of nitrogens with zero attached hydrogens (tertiary/aromatic N) is 1. The van der Waals surface area contributed by atoms with Gasteiger partial charge in [-0.2, -0.15) is 0 Å². The minimum atomic E-state index is -1.12. The molecule has 0 saturated heterocycles. The summed E-state index contributed by atoms with van der Waals surface area (Å²) in [6.45, 7) is 2.01. The number of nitrogens with one attached hydrogen (secondary N) is 4. The Kier molecular flexibility index (Phi) is 8.72. The summed E-state index contributed by atoms with van der Waals surface area (Å²) in [5.74, 6) is -1.64. The van der Waals surface area contributed by atoms with Gasteiger partial charge < -0.3 is 31.5 Å². The lowest BCUT2D eigenvalue weighted by Crippen LogP contribution is -2.42. The van der Waals surface area contributed by atoms with Crippen LogP contribution in [-0.4, -0.2) is 59.7 Å². The first-order valence-corrected chi connectivity index (χ1v) is 11.8. The molecule has 182 valence electrons. The summed E-state index contributed by atoms with van der Waals surface area (Å²) in [6.07, 6.45) is -0.915. The van der Waals surface area contributed by atoms with Crippen LogP contribution in [0.5, 0.6) is 0 Å². The lowest BCUT2D eigenvalue weighted by molar-refractivity contribution is -0.137. The number of carboxylic acids is 1. The van der Waals surface area contributed by atoms with Crippen molar-refractivity contribution >= 4 is 64.0 Å². The van der Waals surface area contributed by atoms with Gasteiger partial charge in [-0.1, -0.05) is 23.2 Å².